The van der Waals surface area contributed by atoms with Crippen LogP contribution in [0.4, 0.5) is 14.5 Å². The molecule has 2 N–H and O–H groups in total. The van der Waals surface area contributed by atoms with Crippen LogP contribution in [0, 0.1) is 0 Å². The van der Waals surface area contributed by atoms with Crippen molar-refractivity contribution in [3.63, 3.8) is 0 Å². The van der Waals surface area contributed by atoms with Crippen LogP contribution in [0.1, 0.15) is 12.5 Å². The Morgan fingerprint density at radius 3 is 2.69 bits per heavy atom. The van der Waals surface area contributed by atoms with Gasteiger partial charge in [-0.3, -0.25) is 4.79 Å². The van der Waals surface area contributed by atoms with E-state index < -0.39 is 6.61 Å². The maximum atomic E-state index is 12.3. The van der Waals surface area contributed by atoms with E-state index in [1.165, 1.54) is 12.1 Å². The number of hydrazone groups is 1. The van der Waals surface area contributed by atoms with Gasteiger partial charge in [-0.2, -0.15) is 13.9 Å². The SMILES string of the molecule is COc1ccccc1NCC(=O)NN=C(C)c1cccc(OC(F)F)c1. The van der Waals surface area contributed by atoms with Gasteiger partial charge in [0.15, 0.2) is 0 Å². The molecule has 1 amide bonds. The summed E-state index contributed by atoms with van der Waals surface area (Å²) in [6, 6.07) is 13.3. The van der Waals surface area contributed by atoms with Gasteiger partial charge in [0.05, 0.1) is 25.1 Å². The maximum Gasteiger partial charge on any atom is 0.387 e. The highest BCUT2D eigenvalue weighted by molar-refractivity contribution is 5.99. The number of carbonyl (C=O) groups is 1. The lowest BCUT2D eigenvalue weighted by atomic mass is 10.1. The van der Waals surface area contributed by atoms with E-state index in [0.717, 1.165) is 0 Å². The number of halogens is 2. The average molecular weight is 363 g/mol. The number of methoxy groups -OCH3 is 1. The zero-order valence-electron chi connectivity index (χ0n) is 14.3. The van der Waals surface area contributed by atoms with Crippen molar-refractivity contribution in [3.8, 4) is 11.5 Å². The van der Waals surface area contributed by atoms with E-state index in [1.807, 2.05) is 12.1 Å². The number of anilines is 1. The third-order valence-electron chi connectivity index (χ3n) is 3.37. The highest BCUT2D eigenvalue weighted by Gasteiger charge is 2.07. The van der Waals surface area contributed by atoms with Crippen molar-refractivity contribution in [2.75, 3.05) is 19.0 Å². The van der Waals surface area contributed by atoms with Crippen molar-refractivity contribution in [3.05, 3.63) is 54.1 Å². The van der Waals surface area contributed by atoms with E-state index in [1.54, 1.807) is 38.3 Å². The second-order valence-electron chi connectivity index (χ2n) is 5.19. The molecule has 0 unspecified atom stereocenters. The molecule has 0 atom stereocenters. The summed E-state index contributed by atoms with van der Waals surface area (Å²) in [5, 5.41) is 6.92. The van der Waals surface area contributed by atoms with E-state index >= 15 is 0 Å². The lowest BCUT2D eigenvalue weighted by molar-refractivity contribution is -0.119. The van der Waals surface area contributed by atoms with Crippen LogP contribution in [0.3, 0.4) is 0 Å². The minimum atomic E-state index is -2.90. The number of hydrogen-bond acceptors (Lipinski definition) is 5. The predicted molar refractivity (Wildman–Crippen MR) is 94.9 cm³/mol. The molecule has 26 heavy (non-hydrogen) atoms. The third kappa shape index (κ3) is 5.73. The fourth-order valence-corrected chi connectivity index (χ4v) is 2.11. The van der Waals surface area contributed by atoms with Crippen molar-refractivity contribution in [1.82, 2.24) is 5.43 Å². The van der Waals surface area contributed by atoms with Gasteiger partial charge < -0.3 is 14.8 Å². The molecule has 0 aliphatic carbocycles. The molecule has 8 heteroatoms. The smallest absolute Gasteiger partial charge is 0.387 e. The molecule has 0 fully saturated rings. The molecular weight excluding hydrogens is 344 g/mol. The highest BCUT2D eigenvalue weighted by Crippen LogP contribution is 2.22. The van der Waals surface area contributed by atoms with Crippen LogP contribution >= 0.6 is 0 Å². The summed E-state index contributed by atoms with van der Waals surface area (Å²) in [4.78, 5) is 11.9. The van der Waals surface area contributed by atoms with Crippen molar-refractivity contribution < 1.29 is 23.0 Å². The molecule has 138 valence electrons. The van der Waals surface area contributed by atoms with Gasteiger partial charge >= 0.3 is 6.61 Å². The molecule has 0 bridgehead atoms. The lowest BCUT2D eigenvalue weighted by Gasteiger charge is -2.10. The highest BCUT2D eigenvalue weighted by atomic mass is 19.3. The first-order valence-corrected chi connectivity index (χ1v) is 7.75. The summed E-state index contributed by atoms with van der Waals surface area (Å²) in [6.45, 7) is -1.26. The topological polar surface area (TPSA) is 72.0 Å². The summed E-state index contributed by atoms with van der Waals surface area (Å²) in [5.41, 5.74) is 4.10. The Bertz CT molecular complexity index is 782. The van der Waals surface area contributed by atoms with Crippen molar-refractivity contribution in [2.45, 2.75) is 13.5 Å². The summed E-state index contributed by atoms with van der Waals surface area (Å²) < 4.78 is 34.0. The van der Waals surface area contributed by atoms with Crippen LogP contribution in [0.2, 0.25) is 0 Å². The third-order valence-corrected chi connectivity index (χ3v) is 3.37. The normalized spacial score (nSPS) is 11.2. The number of ether oxygens (including phenoxy) is 2. The van der Waals surface area contributed by atoms with Crippen LogP contribution < -0.4 is 20.2 Å². The van der Waals surface area contributed by atoms with Gasteiger partial charge in [-0.05, 0) is 31.2 Å². The Morgan fingerprint density at radius 1 is 1.19 bits per heavy atom. The Kier molecular flexibility index (Phi) is 6.90. The molecule has 0 aliphatic rings. The number of amides is 1. The monoisotopic (exact) mass is 363 g/mol. The molecule has 0 radical (unpaired) electrons. The average Bonchev–Trinajstić information content (AvgIpc) is 2.64. The Labute approximate surface area is 149 Å². The second kappa shape index (κ2) is 9.36. The molecule has 2 aromatic carbocycles. The van der Waals surface area contributed by atoms with Crippen LogP contribution in [-0.2, 0) is 4.79 Å². The van der Waals surface area contributed by atoms with Crippen LogP contribution in [-0.4, -0.2) is 31.9 Å². The first kappa shape index (κ1) is 19.2. The predicted octanol–water partition coefficient (Wildman–Crippen LogP) is 3.25. The van der Waals surface area contributed by atoms with Gasteiger partial charge in [-0.1, -0.05) is 24.3 Å². The number of carbonyl (C=O) groups excluding carboxylic acids is 1. The van der Waals surface area contributed by atoms with Gasteiger partial charge in [0.1, 0.15) is 11.5 Å². The number of nitrogens with zero attached hydrogens (tertiary/aromatic N) is 1. The van der Waals surface area contributed by atoms with Gasteiger partial charge in [-0.15, -0.1) is 0 Å². The van der Waals surface area contributed by atoms with E-state index in [0.29, 0.717) is 22.7 Å². The number of nitrogens with one attached hydrogen (secondary N) is 2. The number of hydrogen-bond donors (Lipinski definition) is 2. The van der Waals surface area contributed by atoms with E-state index in [-0.39, 0.29) is 18.2 Å². The van der Waals surface area contributed by atoms with Crippen molar-refractivity contribution >= 4 is 17.3 Å². The molecule has 0 saturated carbocycles. The van der Waals surface area contributed by atoms with Crippen molar-refractivity contribution in [2.24, 2.45) is 5.10 Å². The summed E-state index contributed by atoms with van der Waals surface area (Å²) >= 11 is 0. The largest absolute Gasteiger partial charge is 0.495 e. The molecule has 0 aliphatic heterocycles. The van der Waals surface area contributed by atoms with Gasteiger partial charge in [-0.25, -0.2) is 5.43 Å². The molecule has 0 heterocycles. The van der Waals surface area contributed by atoms with Gasteiger partial charge in [0, 0.05) is 5.56 Å². The van der Waals surface area contributed by atoms with E-state index in [9.17, 15) is 13.6 Å². The fraction of sp³-hybridized carbons (Fsp3) is 0.222. The maximum absolute atomic E-state index is 12.3. The molecular formula is C18H19F2N3O3. The van der Waals surface area contributed by atoms with Crippen molar-refractivity contribution in [1.29, 1.82) is 0 Å². The minimum absolute atomic E-state index is 0.00825. The van der Waals surface area contributed by atoms with E-state index in [2.05, 4.69) is 20.6 Å². The lowest BCUT2D eigenvalue weighted by Crippen LogP contribution is -2.26. The van der Waals surface area contributed by atoms with Gasteiger partial charge in [0.2, 0.25) is 0 Å². The van der Waals surface area contributed by atoms with Crippen LogP contribution in [0.25, 0.3) is 0 Å². The molecule has 2 rings (SSSR count). The molecule has 0 saturated heterocycles. The number of alkyl halides is 2. The fourth-order valence-electron chi connectivity index (χ4n) is 2.11. The zero-order valence-corrected chi connectivity index (χ0v) is 14.3. The molecule has 2 aromatic rings. The standard InChI is InChI=1S/C18H19F2N3O3/c1-12(13-6-5-7-14(10-13)26-18(19)20)22-23-17(24)11-21-15-8-3-4-9-16(15)25-2/h3-10,18,21H,11H2,1-2H3,(H,23,24). The first-order chi connectivity index (χ1) is 12.5. The quantitative estimate of drug-likeness (QED) is 0.558. The molecule has 0 aromatic heterocycles. The number of benzene rings is 2. The van der Waals surface area contributed by atoms with Gasteiger partial charge in [0.25, 0.3) is 5.91 Å². The molecule has 6 nitrogen and oxygen atoms in total. The summed E-state index contributed by atoms with van der Waals surface area (Å²) in [6.07, 6.45) is 0. The summed E-state index contributed by atoms with van der Waals surface area (Å²) in [5.74, 6) is 0.280. The number of para-hydroxylation sites is 2. The Morgan fingerprint density at radius 2 is 1.96 bits per heavy atom. The Hall–Kier alpha value is -3.16. The Balaban J connectivity index is 1.92. The number of rotatable bonds is 8. The minimum Gasteiger partial charge on any atom is -0.495 e. The van der Waals surface area contributed by atoms with E-state index in [4.69, 9.17) is 4.74 Å². The molecule has 0 spiro atoms. The van der Waals surface area contributed by atoms with Crippen LogP contribution in [0.5, 0.6) is 11.5 Å². The first-order valence-electron chi connectivity index (χ1n) is 7.75. The zero-order chi connectivity index (χ0) is 18.9. The second-order valence-corrected chi connectivity index (χ2v) is 5.19. The van der Waals surface area contributed by atoms with Crippen LogP contribution in [0.15, 0.2) is 53.6 Å². The summed E-state index contributed by atoms with van der Waals surface area (Å²) in [7, 11) is 1.54.